The zero-order valence-corrected chi connectivity index (χ0v) is 12.2. The van der Waals surface area contributed by atoms with Crippen LogP contribution < -0.4 is 11.1 Å². The second-order valence-corrected chi connectivity index (χ2v) is 5.10. The number of nitrogens with one attached hydrogen (secondary N) is 1. The summed E-state index contributed by atoms with van der Waals surface area (Å²) < 4.78 is 0. The molecule has 5 heteroatoms. The molecular weight excluding hydrogens is 276 g/mol. The van der Waals surface area contributed by atoms with Crippen molar-refractivity contribution in [2.75, 3.05) is 5.32 Å². The normalized spacial score (nSPS) is 12.0. The quantitative estimate of drug-likeness (QED) is 0.774. The van der Waals surface area contributed by atoms with Crippen LogP contribution in [-0.2, 0) is 0 Å². The number of nitrogens with zero attached hydrogens (tertiary/aromatic N) is 2. The first-order valence-corrected chi connectivity index (χ1v) is 7.01. The van der Waals surface area contributed by atoms with Crippen LogP contribution in [0.5, 0.6) is 0 Å². The number of amides is 1. The van der Waals surface area contributed by atoms with Crippen molar-refractivity contribution in [3.63, 3.8) is 0 Å². The summed E-state index contributed by atoms with van der Waals surface area (Å²) in [6.45, 7) is 2.06. The Bertz CT molecular complexity index is 817. The SMILES string of the molecule is CC(Nc1ncnc2ccc(C(N)=O)cc12)c1ccccc1. The Kier molecular flexibility index (Phi) is 3.70. The molecule has 3 aromatic rings. The van der Waals surface area contributed by atoms with Crippen LogP contribution in [0.3, 0.4) is 0 Å². The molecule has 0 bridgehead atoms. The third-order valence-corrected chi connectivity index (χ3v) is 3.57. The van der Waals surface area contributed by atoms with Crippen LogP contribution in [0.25, 0.3) is 10.9 Å². The van der Waals surface area contributed by atoms with Crippen molar-refractivity contribution >= 4 is 22.6 Å². The molecule has 0 spiro atoms. The minimum Gasteiger partial charge on any atom is -0.366 e. The zero-order chi connectivity index (χ0) is 15.5. The number of carbonyl (C=O) groups is 1. The Hall–Kier alpha value is -2.95. The minimum absolute atomic E-state index is 0.0801. The van der Waals surface area contributed by atoms with Gasteiger partial charge in [-0.3, -0.25) is 4.79 Å². The maximum absolute atomic E-state index is 11.4. The topological polar surface area (TPSA) is 80.9 Å². The van der Waals surface area contributed by atoms with Crippen LogP contribution in [0.15, 0.2) is 54.9 Å². The molecule has 3 rings (SSSR count). The van der Waals surface area contributed by atoms with Gasteiger partial charge in [-0.2, -0.15) is 0 Å². The summed E-state index contributed by atoms with van der Waals surface area (Å²) in [6.07, 6.45) is 1.51. The smallest absolute Gasteiger partial charge is 0.248 e. The Morgan fingerprint density at radius 2 is 1.91 bits per heavy atom. The average Bonchev–Trinajstić information content (AvgIpc) is 2.55. The van der Waals surface area contributed by atoms with Crippen LogP contribution in [0, 0.1) is 0 Å². The number of benzene rings is 2. The lowest BCUT2D eigenvalue weighted by molar-refractivity contribution is 0.100. The lowest BCUT2D eigenvalue weighted by Gasteiger charge is -2.16. The van der Waals surface area contributed by atoms with E-state index in [9.17, 15) is 4.79 Å². The summed E-state index contributed by atoms with van der Waals surface area (Å²) in [7, 11) is 0. The molecule has 0 fully saturated rings. The fraction of sp³-hybridized carbons (Fsp3) is 0.118. The lowest BCUT2D eigenvalue weighted by Crippen LogP contribution is -2.12. The Balaban J connectivity index is 1.99. The summed E-state index contributed by atoms with van der Waals surface area (Å²) in [5.41, 5.74) is 7.71. The summed E-state index contributed by atoms with van der Waals surface area (Å²) in [5, 5.41) is 4.14. The highest BCUT2D eigenvalue weighted by molar-refractivity contribution is 5.99. The summed E-state index contributed by atoms with van der Waals surface area (Å²) in [6, 6.07) is 15.3. The van der Waals surface area contributed by atoms with Gasteiger partial charge in [0.2, 0.25) is 5.91 Å². The number of primary amides is 1. The van der Waals surface area contributed by atoms with E-state index in [-0.39, 0.29) is 6.04 Å². The summed E-state index contributed by atoms with van der Waals surface area (Å²) in [5.74, 6) is 0.220. The van der Waals surface area contributed by atoms with E-state index in [0.717, 1.165) is 16.5 Å². The number of nitrogens with two attached hydrogens (primary N) is 1. The van der Waals surface area contributed by atoms with Gasteiger partial charge in [-0.1, -0.05) is 30.3 Å². The lowest BCUT2D eigenvalue weighted by atomic mass is 10.1. The van der Waals surface area contributed by atoms with Gasteiger partial charge in [0.05, 0.1) is 5.52 Å². The predicted octanol–water partition coefficient (Wildman–Crippen LogP) is 2.90. The van der Waals surface area contributed by atoms with Crippen molar-refractivity contribution in [1.29, 1.82) is 0 Å². The second-order valence-electron chi connectivity index (χ2n) is 5.10. The van der Waals surface area contributed by atoms with E-state index in [2.05, 4.69) is 34.3 Å². The number of hydrogen-bond acceptors (Lipinski definition) is 4. The highest BCUT2D eigenvalue weighted by atomic mass is 16.1. The van der Waals surface area contributed by atoms with E-state index in [4.69, 9.17) is 5.73 Å². The molecular formula is C17H16N4O. The average molecular weight is 292 g/mol. The first-order valence-electron chi connectivity index (χ1n) is 7.01. The van der Waals surface area contributed by atoms with Crippen LogP contribution >= 0.6 is 0 Å². The zero-order valence-electron chi connectivity index (χ0n) is 12.2. The fourth-order valence-corrected chi connectivity index (χ4v) is 2.36. The van der Waals surface area contributed by atoms with Gasteiger partial charge in [-0.15, -0.1) is 0 Å². The number of rotatable bonds is 4. The second kappa shape index (κ2) is 5.81. The van der Waals surface area contributed by atoms with E-state index in [1.807, 2.05) is 18.2 Å². The highest BCUT2D eigenvalue weighted by Crippen LogP contribution is 2.24. The minimum atomic E-state index is -0.465. The highest BCUT2D eigenvalue weighted by Gasteiger charge is 2.11. The maximum Gasteiger partial charge on any atom is 0.248 e. The van der Waals surface area contributed by atoms with E-state index in [1.54, 1.807) is 18.2 Å². The molecule has 1 heterocycles. The molecule has 0 aliphatic heterocycles. The molecule has 1 atom stereocenters. The first kappa shape index (κ1) is 14.0. The van der Waals surface area contributed by atoms with Gasteiger partial charge in [0, 0.05) is 17.0 Å². The molecule has 1 unspecified atom stereocenters. The number of fused-ring (bicyclic) bond motifs is 1. The van der Waals surface area contributed by atoms with Crippen LogP contribution in [0.2, 0.25) is 0 Å². The van der Waals surface area contributed by atoms with Crippen molar-refractivity contribution in [1.82, 2.24) is 9.97 Å². The van der Waals surface area contributed by atoms with Gasteiger partial charge in [0.15, 0.2) is 0 Å². The van der Waals surface area contributed by atoms with Crippen molar-refractivity contribution in [3.05, 3.63) is 66.0 Å². The van der Waals surface area contributed by atoms with E-state index < -0.39 is 5.91 Å². The third kappa shape index (κ3) is 2.74. The summed E-state index contributed by atoms with van der Waals surface area (Å²) in [4.78, 5) is 19.9. The number of carbonyl (C=O) groups excluding carboxylic acids is 1. The van der Waals surface area contributed by atoms with Crippen molar-refractivity contribution in [2.45, 2.75) is 13.0 Å². The molecule has 110 valence electrons. The molecule has 0 saturated heterocycles. The fourth-order valence-electron chi connectivity index (χ4n) is 2.36. The monoisotopic (exact) mass is 292 g/mol. The van der Waals surface area contributed by atoms with E-state index in [1.165, 1.54) is 6.33 Å². The van der Waals surface area contributed by atoms with E-state index in [0.29, 0.717) is 11.4 Å². The number of hydrogen-bond donors (Lipinski definition) is 2. The van der Waals surface area contributed by atoms with Crippen molar-refractivity contribution in [2.24, 2.45) is 5.73 Å². The predicted molar refractivity (Wildman–Crippen MR) is 86.5 cm³/mol. The Morgan fingerprint density at radius 3 is 2.64 bits per heavy atom. The van der Waals surface area contributed by atoms with Gasteiger partial charge >= 0.3 is 0 Å². The van der Waals surface area contributed by atoms with Gasteiger partial charge in [-0.25, -0.2) is 9.97 Å². The van der Waals surface area contributed by atoms with Crippen molar-refractivity contribution in [3.8, 4) is 0 Å². The molecule has 22 heavy (non-hydrogen) atoms. The van der Waals surface area contributed by atoms with Crippen molar-refractivity contribution < 1.29 is 4.79 Å². The van der Waals surface area contributed by atoms with Crippen LogP contribution in [-0.4, -0.2) is 15.9 Å². The maximum atomic E-state index is 11.4. The van der Waals surface area contributed by atoms with Crippen LogP contribution in [0.4, 0.5) is 5.82 Å². The van der Waals surface area contributed by atoms with Gasteiger partial charge < -0.3 is 11.1 Å². The molecule has 1 amide bonds. The molecule has 1 aromatic heterocycles. The molecule has 5 nitrogen and oxygen atoms in total. The van der Waals surface area contributed by atoms with Gasteiger partial charge in [0.1, 0.15) is 12.1 Å². The molecule has 0 aliphatic rings. The molecule has 0 aliphatic carbocycles. The van der Waals surface area contributed by atoms with Gasteiger partial charge in [-0.05, 0) is 30.7 Å². The standard InChI is InChI=1S/C17H16N4O/c1-11(12-5-3-2-4-6-12)21-17-14-9-13(16(18)22)7-8-15(14)19-10-20-17/h2-11H,1H3,(H2,18,22)(H,19,20,21). The molecule has 0 saturated carbocycles. The van der Waals surface area contributed by atoms with Gasteiger partial charge in [0.25, 0.3) is 0 Å². The third-order valence-electron chi connectivity index (χ3n) is 3.57. The molecule has 3 N–H and O–H groups in total. The van der Waals surface area contributed by atoms with E-state index >= 15 is 0 Å². The first-order chi connectivity index (χ1) is 10.6. The Morgan fingerprint density at radius 1 is 1.14 bits per heavy atom. The molecule has 0 radical (unpaired) electrons. The molecule has 2 aromatic carbocycles. The number of aromatic nitrogens is 2. The van der Waals surface area contributed by atoms with Crippen LogP contribution in [0.1, 0.15) is 28.9 Å². The number of anilines is 1. The summed E-state index contributed by atoms with van der Waals surface area (Å²) >= 11 is 0. The Labute approximate surface area is 128 Å². The largest absolute Gasteiger partial charge is 0.366 e.